The van der Waals surface area contributed by atoms with Gasteiger partial charge in [-0.1, -0.05) is 84.4 Å². The number of hydrogen-bond acceptors (Lipinski definition) is 4. The maximum atomic E-state index is 13.2. The first-order valence-electron chi connectivity index (χ1n) is 11.5. The monoisotopic (exact) mass is 504 g/mol. The smallest absolute Gasteiger partial charge is 0.269 e. The number of nitrogens with zero attached hydrogens (tertiary/aromatic N) is 2. The second-order valence-corrected chi connectivity index (χ2v) is 8.65. The summed E-state index contributed by atoms with van der Waals surface area (Å²) in [5.41, 5.74) is 4.27. The van der Waals surface area contributed by atoms with Crippen LogP contribution in [0.4, 0.5) is 5.69 Å². The molecular weight excluding hydrogens is 484 g/mol. The summed E-state index contributed by atoms with van der Waals surface area (Å²) in [5, 5.41) is 21.9. The fourth-order valence-electron chi connectivity index (χ4n) is 3.92. The van der Waals surface area contributed by atoms with Gasteiger partial charge in [0.25, 0.3) is 5.69 Å². The Hall–Kier alpha value is -4.79. The molecule has 0 bridgehead atoms. The van der Waals surface area contributed by atoms with Crippen LogP contribution < -0.4 is 0 Å². The van der Waals surface area contributed by atoms with E-state index in [9.17, 15) is 20.2 Å². The minimum absolute atomic E-state index is 0.0619. The summed E-state index contributed by atoms with van der Waals surface area (Å²) in [6.45, 7) is 0. The van der Waals surface area contributed by atoms with E-state index in [2.05, 4.69) is 6.07 Å². The van der Waals surface area contributed by atoms with Crippen LogP contribution in [0.25, 0.3) is 16.7 Å². The maximum Gasteiger partial charge on any atom is 0.269 e. The molecule has 6 heteroatoms. The van der Waals surface area contributed by atoms with Gasteiger partial charge in [-0.05, 0) is 52.6 Å². The topological polar surface area (TPSA) is 84.0 Å². The number of nitro benzene ring substituents is 1. The summed E-state index contributed by atoms with van der Waals surface area (Å²) in [5.74, 6) is -0.0666. The first-order chi connectivity index (χ1) is 18.0. The SMILES string of the molecule is N#CC(=C(C=C(CC(=O)c1ccccc1)c1ccc(Cl)cc1)c1ccccc1)c1ccc([N+](=O)[O-])cc1. The predicted octanol–water partition coefficient (Wildman–Crippen LogP) is 8.04. The number of carbonyl (C=O) groups excluding carboxylic acids is 1. The zero-order chi connectivity index (χ0) is 26.2. The molecule has 4 rings (SSSR count). The lowest BCUT2D eigenvalue weighted by Crippen LogP contribution is -2.01. The Morgan fingerprint density at radius 2 is 1.32 bits per heavy atom. The number of Topliss-reactive ketones (excluding diaryl/α,β-unsaturated/α-hetero) is 1. The average Bonchev–Trinajstić information content (AvgIpc) is 2.94. The van der Waals surface area contributed by atoms with Gasteiger partial charge in [0.05, 0.1) is 10.5 Å². The Kier molecular flexibility index (Phi) is 8.05. The molecule has 0 radical (unpaired) electrons. The zero-order valence-electron chi connectivity index (χ0n) is 19.7. The number of benzene rings is 4. The summed E-state index contributed by atoms with van der Waals surface area (Å²) in [6.07, 6.45) is 1.94. The Balaban J connectivity index is 1.91. The molecule has 4 aromatic carbocycles. The molecule has 0 fully saturated rings. The maximum absolute atomic E-state index is 13.2. The fraction of sp³-hybridized carbons (Fsp3) is 0.0323. The second-order valence-electron chi connectivity index (χ2n) is 8.21. The first kappa shape index (κ1) is 25.3. The van der Waals surface area contributed by atoms with Crippen LogP contribution in [-0.4, -0.2) is 10.7 Å². The van der Waals surface area contributed by atoms with E-state index in [0.717, 1.165) is 11.1 Å². The Bertz CT molecular complexity index is 1520. The van der Waals surface area contributed by atoms with Crippen molar-refractivity contribution in [2.75, 3.05) is 0 Å². The van der Waals surface area contributed by atoms with Gasteiger partial charge in [0.1, 0.15) is 6.07 Å². The summed E-state index contributed by atoms with van der Waals surface area (Å²) >= 11 is 6.12. The third-order valence-corrected chi connectivity index (χ3v) is 6.07. The number of carbonyl (C=O) groups is 1. The number of hydrogen-bond donors (Lipinski definition) is 0. The molecule has 0 amide bonds. The van der Waals surface area contributed by atoms with Crippen LogP contribution in [0.2, 0.25) is 5.02 Å². The molecule has 0 atom stereocenters. The summed E-state index contributed by atoms with van der Waals surface area (Å²) in [7, 11) is 0. The van der Waals surface area contributed by atoms with Crippen LogP contribution in [0.3, 0.4) is 0 Å². The van der Waals surface area contributed by atoms with Gasteiger partial charge >= 0.3 is 0 Å². The lowest BCUT2D eigenvalue weighted by atomic mass is 9.90. The van der Waals surface area contributed by atoms with E-state index in [0.29, 0.717) is 32.9 Å². The first-order valence-corrected chi connectivity index (χ1v) is 11.8. The largest absolute Gasteiger partial charge is 0.294 e. The zero-order valence-corrected chi connectivity index (χ0v) is 20.4. The quantitative estimate of drug-likeness (QED) is 0.0606. The van der Waals surface area contributed by atoms with Crippen molar-refractivity contribution >= 4 is 39.8 Å². The van der Waals surface area contributed by atoms with Crippen LogP contribution in [0.15, 0.2) is 115 Å². The highest BCUT2D eigenvalue weighted by molar-refractivity contribution is 6.30. The number of non-ortho nitro benzene ring substituents is 1. The molecule has 0 saturated carbocycles. The number of nitro groups is 1. The van der Waals surface area contributed by atoms with Crippen LogP contribution >= 0.6 is 11.6 Å². The minimum Gasteiger partial charge on any atom is -0.294 e. The van der Waals surface area contributed by atoms with Gasteiger partial charge in [-0.25, -0.2) is 0 Å². The molecule has 0 aliphatic heterocycles. The molecule has 0 unspecified atom stereocenters. The molecule has 0 N–H and O–H groups in total. The van der Waals surface area contributed by atoms with Crippen molar-refractivity contribution in [3.05, 3.63) is 153 Å². The predicted molar refractivity (Wildman–Crippen MR) is 147 cm³/mol. The Morgan fingerprint density at radius 1 is 0.784 bits per heavy atom. The van der Waals surface area contributed by atoms with Crippen molar-refractivity contribution in [1.29, 1.82) is 5.26 Å². The van der Waals surface area contributed by atoms with Crippen molar-refractivity contribution in [2.45, 2.75) is 6.42 Å². The number of halogens is 1. The van der Waals surface area contributed by atoms with Crippen molar-refractivity contribution in [3.63, 3.8) is 0 Å². The van der Waals surface area contributed by atoms with Crippen molar-refractivity contribution < 1.29 is 9.72 Å². The van der Waals surface area contributed by atoms with Crippen LogP contribution in [0.5, 0.6) is 0 Å². The lowest BCUT2D eigenvalue weighted by Gasteiger charge is -2.13. The fourth-order valence-corrected chi connectivity index (χ4v) is 4.05. The van der Waals surface area contributed by atoms with E-state index in [1.165, 1.54) is 12.1 Å². The molecule has 0 saturated heterocycles. The number of ketones is 1. The van der Waals surface area contributed by atoms with E-state index < -0.39 is 4.92 Å². The van der Waals surface area contributed by atoms with Crippen LogP contribution in [-0.2, 0) is 0 Å². The number of rotatable bonds is 8. The summed E-state index contributed by atoms with van der Waals surface area (Å²) < 4.78 is 0. The van der Waals surface area contributed by atoms with Gasteiger partial charge in [0.2, 0.25) is 0 Å². The van der Waals surface area contributed by atoms with Crippen LogP contribution in [0.1, 0.15) is 33.5 Å². The highest BCUT2D eigenvalue weighted by atomic mass is 35.5. The normalized spacial score (nSPS) is 11.8. The van der Waals surface area contributed by atoms with Gasteiger partial charge in [0, 0.05) is 34.7 Å². The van der Waals surface area contributed by atoms with Crippen LogP contribution in [0, 0.1) is 21.4 Å². The second kappa shape index (κ2) is 11.8. The molecule has 37 heavy (non-hydrogen) atoms. The average molecular weight is 505 g/mol. The summed E-state index contributed by atoms with van der Waals surface area (Å²) in [6, 6.07) is 33.7. The van der Waals surface area contributed by atoms with Crippen molar-refractivity contribution in [2.24, 2.45) is 0 Å². The molecule has 0 aliphatic carbocycles. The standard InChI is InChI=1S/C31H21ClN2O3/c32-27-15-11-22(12-16-27)26(20-31(35)25-9-5-2-6-10-25)19-29(23-7-3-1-4-8-23)30(21-33)24-13-17-28(18-14-24)34(36)37/h1-19H,20H2. The summed E-state index contributed by atoms with van der Waals surface area (Å²) in [4.78, 5) is 23.9. The molecule has 5 nitrogen and oxygen atoms in total. The molecule has 0 aromatic heterocycles. The van der Waals surface area contributed by atoms with Gasteiger partial charge in [-0.15, -0.1) is 0 Å². The molecule has 4 aromatic rings. The number of allylic oxidation sites excluding steroid dienone is 4. The minimum atomic E-state index is -0.481. The third-order valence-electron chi connectivity index (χ3n) is 5.81. The van der Waals surface area contributed by atoms with E-state index in [1.54, 1.807) is 36.4 Å². The van der Waals surface area contributed by atoms with Crippen molar-refractivity contribution in [3.8, 4) is 6.07 Å². The van der Waals surface area contributed by atoms with Gasteiger partial charge in [0.15, 0.2) is 5.78 Å². The van der Waals surface area contributed by atoms with E-state index in [-0.39, 0.29) is 17.9 Å². The molecule has 180 valence electrons. The molecule has 0 aliphatic rings. The van der Waals surface area contributed by atoms with Gasteiger partial charge in [-0.2, -0.15) is 5.26 Å². The lowest BCUT2D eigenvalue weighted by molar-refractivity contribution is -0.384. The highest BCUT2D eigenvalue weighted by Gasteiger charge is 2.16. The molecule has 0 spiro atoms. The van der Waals surface area contributed by atoms with E-state index in [1.807, 2.05) is 66.7 Å². The van der Waals surface area contributed by atoms with Crippen molar-refractivity contribution in [1.82, 2.24) is 0 Å². The highest BCUT2D eigenvalue weighted by Crippen LogP contribution is 2.33. The van der Waals surface area contributed by atoms with Gasteiger partial charge in [-0.3, -0.25) is 14.9 Å². The molecular formula is C31H21ClN2O3. The Labute approximate surface area is 219 Å². The Morgan fingerprint density at radius 3 is 1.86 bits per heavy atom. The van der Waals surface area contributed by atoms with E-state index in [4.69, 9.17) is 11.6 Å². The number of nitriles is 1. The molecule has 0 heterocycles. The third kappa shape index (κ3) is 6.26. The van der Waals surface area contributed by atoms with E-state index >= 15 is 0 Å². The van der Waals surface area contributed by atoms with Gasteiger partial charge < -0.3 is 0 Å².